The number of nitrogens with one attached hydrogen (secondary N) is 1. The summed E-state index contributed by atoms with van der Waals surface area (Å²) in [6, 6.07) is 15.2. The molecule has 1 aliphatic rings. The monoisotopic (exact) mass is 402 g/mol. The second-order valence-corrected chi connectivity index (χ2v) is 7.86. The highest BCUT2D eigenvalue weighted by molar-refractivity contribution is 9.10. The normalized spacial score (nSPS) is 18.1. The minimum absolute atomic E-state index is 0.00426. The smallest absolute Gasteiger partial charge is 0.237 e. The van der Waals surface area contributed by atoms with E-state index in [9.17, 15) is 9.90 Å². The van der Waals surface area contributed by atoms with Crippen LogP contribution in [0.25, 0.3) is 0 Å². The summed E-state index contributed by atoms with van der Waals surface area (Å²) in [5.41, 5.74) is 2.13. The van der Waals surface area contributed by atoms with E-state index in [1.807, 2.05) is 62.4 Å². The molecular weight excluding hydrogens is 380 g/mol. The number of hydrogen-bond donors (Lipinski definition) is 2. The molecule has 2 aromatic rings. The highest BCUT2D eigenvalue weighted by atomic mass is 79.9. The first kappa shape index (κ1) is 18.1. The molecule has 3 rings (SSSR count). The zero-order valence-electron chi connectivity index (χ0n) is 14.7. The third kappa shape index (κ3) is 3.12. The Hall–Kier alpha value is -1.69. The van der Waals surface area contributed by atoms with Crippen LogP contribution < -0.4 is 10.2 Å². The minimum atomic E-state index is -0.721. The van der Waals surface area contributed by atoms with Gasteiger partial charge in [-0.15, -0.1) is 0 Å². The van der Waals surface area contributed by atoms with Crippen molar-refractivity contribution in [1.82, 2.24) is 5.32 Å². The van der Waals surface area contributed by atoms with Crippen LogP contribution in [0.2, 0.25) is 0 Å². The second-order valence-electron chi connectivity index (χ2n) is 6.94. The van der Waals surface area contributed by atoms with E-state index in [1.54, 1.807) is 11.9 Å². The molecule has 0 radical (unpaired) electrons. The number of rotatable bonds is 5. The van der Waals surface area contributed by atoms with E-state index in [4.69, 9.17) is 0 Å². The molecule has 1 heterocycles. The van der Waals surface area contributed by atoms with Gasteiger partial charge in [0.15, 0.2) is 0 Å². The third-order valence-corrected chi connectivity index (χ3v) is 5.34. The van der Waals surface area contributed by atoms with E-state index in [0.29, 0.717) is 6.54 Å². The Morgan fingerprint density at radius 1 is 1.20 bits per heavy atom. The summed E-state index contributed by atoms with van der Waals surface area (Å²) in [7, 11) is 1.80. The van der Waals surface area contributed by atoms with Gasteiger partial charge in [-0.2, -0.15) is 0 Å². The van der Waals surface area contributed by atoms with Crippen molar-refractivity contribution in [3.05, 3.63) is 64.1 Å². The van der Waals surface area contributed by atoms with Crippen molar-refractivity contribution >= 4 is 27.5 Å². The standard InChI is InChI=1S/C20H23BrN2O2/c1-20(2)15-11-14(21)9-10-16(15)23(19(20)25)18(17(24)12-22-3)13-7-5-4-6-8-13/h4-11,17-18,22,24H,12H2,1-3H3/t17-,18+/m1/s1. The Kier molecular flexibility index (Phi) is 5.00. The molecule has 1 amide bonds. The lowest BCUT2D eigenvalue weighted by molar-refractivity contribution is -0.123. The average Bonchev–Trinajstić information content (AvgIpc) is 2.77. The van der Waals surface area contributed by atoms with Crippen molar-refractivity contribution in [2.75, 3.05) is 18.5 Å². The van der Waals surface area contributed by atoms with Gasteiger partial charge in [-0.25, -0.2) is 0 Å². The third-order valence-electron chi connectivity index (χ3n) is 4.84. The first-order chi connectivity index (χ1) is 11.9. The lowest BCUT2D eigenvalue weighted by Crippen LogP contribution is -2.45. The Bertz CT molecular complexity index is 777. The molecule has 0 fully saturated rings. The van der Waals surface area contributed by atoms with Gasteiger partial charge >= 0.3 is 0 Å². The van der Waals surface area contributed by atoms with Gasteiger partial charge in [0.2, 0.25) is 5.91 Å². The first-order valence-electron chi connectivity index (χ1n) is 8.39. The Labute approximate surface area is 157 Å². The van der Waals surface area contributed by atoms with Gasteiger partial charge in [0, 0.05) is 16.7 Å². The van der Waals surface area contributed by atoms with Crippen LogP contribution in [0.1, 0.15) is 31.0 Å². The zero-order chi connectivity index (χ0) is 18.2. The highest BCUT2D eigenvalue weighted by Gasteiger charge is 2.48. The largest absolute Gasteiger partial charge is 0.389 e. The SMILES string of the molecule is CNC[C@@H](O)[C@H](c1ccccc1)N1C(=O)C(C)(C)c2cc(Br)ccc21. The van der Waals surface area contributed by atoms with Gasteiger partial charge < -0.3 is 15.3 Å². The van der Waals surface area contributed by atoms with E-state index < -0.39 is 17.6 Å². The molecule has 25 heavy (non-hydrogen) atoms. The van der Waals surface area contributed by atoms with Gasteiger partial charge in [-0.3, -0.25) is 4.79 Å². The fourth-order valence-corrected chi connectivity index (χ4v) is 3.90. The maximum absolute atomic E-state index is 13.3. The van der Waals surface area contributed by atoms with E-state index >= 15 is 0 Å². The van der Waals surface area contributed by atoms with E-state index in [2.05, 4.69) is 21.2 Å². The van der Waals surface area contributed by atoms with E-state index in [1.165, 1.54) is 0 Å². The fourth-order valence-electron chi connectivity index (χ4n) is 3.54. The maximum Gasteiger partial charge on any atom is 0.237 e. The second kappa shape index (κ2) is 6.90. The van der Waals surface area contributed by atoms with Crippen LogP contribution in [-0.4, -0.2) is 30.7 Å². The molecule has 4 nitrogen and oxygen atoms in total. The van der Waals surface area contributed by atoms with Crippen molar-refractivity contribution in [2.24, 2.45) is 0 Å². The lowest BCUT2D eigenvalue weighted by atomic mass is 9.86. The Morgan fingerprint density at radius 3 is 2.52 bits per heavy atom. The van der Waals surface area contributed by atoms with Crippen LogP contribution in [-0.2, 0) is 10.2 Å². The van der Waals surface area contributed by atoms with E-state index in [0.717, 1.165) is 21.3 Å². The van der Waals surface area contributed by atoms with Crippen LogP contribution >= 0.6 is 15.9 Å². The number of benzene rings is 2. The molecule has 1 aliphatic heterocycles. The number of carbonyl (C=O) groups excluding carboxylic acids is 1. The van der Waals surface area contributed by atoms with Crippen molar-refractivity contribution in [3.8, 4) is 0 Å². The number of halogens is 1. The number of amides is 1. The van der Waals surface area contributed by atoms with Crippen molar-refractivity contribution < 1.29 is 9.90 Å². The first-order valence-corrected chi connectivity index (χ1v) is 9.18. The summed E-state index contributed by atoms with van der Waals surface area (Å²) >= 11 is 3.50. The molecule has 0 spiro atoms. The molecule has 0 unspecified atom stereocenters. The summed E-state index contributed by atoms with van der Waals surface area (Å²) in [4.78, 5) is 15.1. The number of hydrogen-bond acceptors (Lipinski definition) is 3. The van der Waals surface area contributed by atoms with Crippen molar-refractivity contribution in [1.29, 1.82) is 0 Å². The quantitative estimate of drug-likeness (QED) is 0.805. The molecule has 0 saturated heterocycles. The number of carbonyl (C=O) groups is 1. The van der Waals surface area contributed by atoms with Gasteiger partial charge in [0.1, 0.15) is 0 Å². The van der Waals surface area contributed by atoms with Gasteiger partial charge in [0.05, 0.1) is 17.6 Å². The summed E-state index contributed by atoms with van der Waals surface area (Å²) in [5.74, 6) is 0.00426. The molecule has 0 saturated carbocycles. The summed E-state index contributed by atoms with van der Waals surface area (Å²) in [6.07, 6.45) is -0.721. The van der Waals surface area contributed by atoms with Crippen LogP contribution in [0.5, 0.6) is 0 Å². The predicted molar refractivity (Wildman–Crippen MR) is 104 cm³/mol. The maximum atomic E-state index is 13.3. The number of fused-ring (bicyclic) bond motifs is 1. The number of nitrogens with zero attached hydrogens (tertiary/aromatic N) is 1. The van der Waals surface area contributed by atoms with Crippen molar-refractivity contribution in [3.63, 3.8) is 0 Å². The molecular formula is C20H23BrN2O2. The van der Waals surface area contributed by atoms with Crippen LogP contribution in [0.3, 0.4) is 0 Å². The van der Waals surface area contributed by atoms with Gasteiger partial charge in [-0.05, 0) is 50.2 Å². The minimum Gasteiger partial charge on any atom is -0.389 e. The van der Waals surface area contributed by atoms with Gasteiger partial charge in [0.25, 0.3) is 0 Å². The summed E-state index contributed by atoms with van der Waals surface area (Å²) in [6.45, 7) is 4.27. The molecule has 0 aromatic heterocycles. The number of aliphatic hydroxyl groups excluding tert-OH is 1. The lowest BCUT2D eigenvalue weighted by Gasteiger charge is -2.33. The van der Waals surface area contributed by atoms with Crippen molar-refractivity contribution in [2.45, 2.75) is 31.4 Å². The molecule has 2 N–H and O–H groups in total. The number of aliphatic hydroxyl groups is 1. The topological polar surface area (TPSA) is 52.6 Å². The molecule has 2 aromatic carbocycles. The van der Waals surface area contributed by atoms with Gasteiger partial charge in [-0.1, -0.05) is 46.3 Å². The molecule has 2 atom stereocenters. The molecule has 132 valence electrons. The fraction of sp³-hybridized carbons (Fsp3) is 0.350. The van der Waals surface area contributed by atoms with Crippen LogP contribution in [0, 0.1) is 0 Å². The zero-order valence-corrected chi connectivity index (χ0v) is 16.2. The molecule has 5 heteroatoms. The highest BCUT2D eigenvalue weighted by Crippen LogP contribution is 2.47. The predicted octanol–water partition coefficient (Wildman–Crippen LogP) is 3.39. The van der Waals surface area contributed by atoms with Crippen LogP contribution in [0.15, 0.2) is 53.0 Å². The molecule has 0 bridgehead atoms. The van der Waals surface area contributed by atoms with E-state index in [-0.39, 0.29) is 5.91 Å². The summed E-state index contributed by atoms with van der Waals surface area (Å²) < 4.78 is 0.945. The molecule has 0 aliphatic carbocycles. The van der Waals surface area contributed by atoms with Crippen LogP contribution in [0.4, 0.5) is 5.69 Å². The average molecular weight is 403 g/mol. The summed E-state index contributed by atoms with van der Waals surface area (Å²) in [5, 5.41) is 13.8. The Morgan fingerprint density at radius 2 is 1.88 bits per heavy atom. The Balaban J connectivity index is 2.15. The number of anilines is 1. The number of likely N-dealkylation sites (N-methyl/N-ethyl adjacent to an activating group) is 1.